The van der Waals surface area contributed by atoms with Crippen molar-refractivity contribution in [2.24, 2.45) is 5.73 Å². The van der Waals surface area contributed by atoms with Crippen LogP contribution >= 0.6 is 0 Å². The van der Waals surface area contributed by atoms with E-state index in [0.717, 1.165) is 0 Å². The Morgan fingerprint density at radius 3 is 2.36 bits per heavy atom. The summed E-state index contributed by atoms with van der Waals surface area (Å²) in [6.07, 6.45) is -6.84. The first-order chi connectivity index (χ1) is 4.98. The first kappa shape index (κ1) is 10.7. The number of nitrogens with one attached hydrogen (secondary N) is 1. The zero-order valence-corrected chi connectivity index (χ0v) is 5.86. The molecule has 0 bridgehead atoms. The van der Waals surface area contributed by atoms with Crippen molar-refractivity contribution < 1.29 is 18.3 Å². The topological polar surface area (TPSA) is 58.3 Å². The van der Waals surface area contributed by atoms with Crippen molar-refractivity contribution in [1.29, 1.82) is 0 Å². The van der Waals surface area contributed by atoms with Gasteiger partial charge in [-0.15, -0.1) is 0 Å². The van der Waals surface area contributed by atoms with Crippen molar-refractivity contribution in [2.75, 3.05) is 19.6 Å². The van der Waals surface area contributed by atoms with E-state index in [9.17, 15) is 13.2 Å². The Kier molecular flexibility index (Phi) is 4.39. The zero-order valence-electron chi connectivity index (χ0n) is 5.86. The first-order valence-electron chi connectivity index (χ1n) is 3.14. The minimum absolute atomic E-state index is 0.255. The number of hydrogen-bond donors (Lipinski definition) is 3. The zero-order chi connectivity index (χ0) is 8.91. The standard InChI is InChI=1S/C5H11F3N2O/c6-5(7,8)4(11)3-10-2-1-9/h4,10-11H,1-3,9H2. The predicted molar refractivity (Wildman–Crippen MR) is 34.0 cm³/mol. The average molecular weight is 172 g/mol. The van der Waals surface area contributed by atoms with Gasteiger partial charge in [0.05, 0.1) is 0 Å². The maximum absolute atomic E-state index is 11.6. The molecule has 0 aliphatic heterocycles. The average Bonchev–Trinajstić information content (AvgIpc) is 1.86. The van der Waals surface area contributed by atoms with Gasteiger partial charge in [0.25, 0.3) is 0 Å². The van der Waals surface area contributed by atoms with Gasteiger partial charge >= 0.3 is 6.18 Å². The van der Waals surface area contributed by atoms with Crippen LogP contribution in [0, 0.1) is 0 Å². The van der Waals surface area contributed by atoms with Crippen molar-refractivity contribution in [2.45, 2.75) is 12.3 Å². The van der Waals surface area contributed by atoms with E-state index >= 15 is 0 Å². The minimum Gasteiger partial charge on any atom is -0.382 e. The lowest BCUT2D eigenvalue weighted by atomic mass is 10.3. The molecular formula is C5H11F3N2O. The summed E-state index contributed by atoms with van der Waals surface area (Å²) in [4.78, 5) is 0. The molecule has 0 aromatic carbocycles. The molecule has 0 aromatic rings. The molecule has 1 atom stereocenters. The summed E-state index contributed by atoms with van der Waals surface area (Å²) in [5.74, 6) is 0. The molecule has 0 rings (SSSR count). The molecule has 4 N–H and O–H groups in total. The third-order valence-corrected chi connectivity index (χ3v) is 1.04. The molecule has 11 heavy (non-hydrogen) atoms. The number of alkyl halides is 3. The van der Waals surface area contributed by atoms with Crippen molar-refractivity contribution in [1.82, 2.24) is 5.32 Å². The normalized spacial score (nSPS) is 15.0. The highest BCUT2D eigenvalue weighted by atomic mass is 19.4. The third-order valence-electron chi connectivity index (χ3n) is 1.04. The summed E-state index contributed by atoms with van der Waals surface area (Å²) < 4.78 is 34.7. The van der Waals surface area contributed by atoms with Crippen LogP contribution in [0.25, 0.3) is 0 Å². The summed E-state index contributed by atoms with van der Waals surface area (Å²) in [6.45, 7) is 0.0262. The van der Waals surface area contributed by atoms with E-state index < -0.39 is 18.8 Å². The van der Waals surface area contributed by atoms with Crippen LogP contribution in [-0.4, -0.2) is 37.0 Å². The second-order valence-corrected chi connectivity index (χ2v) is 2.05. The fourth-order valence-corrected chi connectivity index (χ4v) is 0.457. The Balaban J connectivity index is 3.44. The Labute approximate surface area is 62.4 Å². The van der Waals surface area contributed by atoms with Crippen molar-refractivity contribution in [3.63, 3.8) is 0 Å². The highest BCUT2D eigenvalue weighted by Gasteiger charge is 2.37. The van der Waals surface area contributed by atoms with Gasteiger partial charge in [-0.25, -0.2) is 0 Å². The van der Waals surface area contributed by atoms with E-state index in [1.807, 2.05) is 0 Å². The number of halogens is 3. The van der Waals surface area contributed by atoms with Crippen LogP contribution in [-0.2, 0) is 0 Å². The van der Waals surface area contributed by atoms with Gasteiger partial charge < -0.3 is 16.2 Å². The number of aliphatic hydroxyl groups is 1. The Bertz CT molecular complexity index is 106. The van der Waals surface area contributed by atoms with Crippen LogP contribution in [0.2, 0.25) is 0 Å². The van der Waals surface area contributed by atoms with E-state index in [2.05, 4.69) is 5.32 Å². The molecule has 3 nitrogen and oxygen atoms in total. The molecule has 0 saturated heterocycles. The van der Waals surface area contributed by atoms with E-state index in [4.69, 9.17) is 10.8 Å². The summed E-state index contributed by atoms with van der Waals surface area (Å²) in [7, 11) is 0. The van der Waals surface area contributed by atoms with Gasteiger partial charge in [0.15, 0.2) is 6.10 Å². The predicted octanol–water partition coefficient (Wildman–Crippen LogP) is -0.542. The molecule has 0 saturated carbocycles. The highest BCUT2D eigenvalue weighted by Crippen LogP contribution is 2.18. The van der Waals surface area contributed by atoms with E-state index in [1.165, 1.54) is 0 Å². The van der Waals surface area contributed by atoms with Gasteiger partial charge in [-0.3, -0.25) is 0 Å². The molecule has 0 aliphatic carbocycles. The van der Waals surface area contributed by atoms with Crippen molar-refractivity contribution in [3.8, 4) is 0 Å². The fraction of sp³-hybridized carbons (Fsp3) is 1.00. The lowest BCUT2D eigenvalue weighted by Gasteiger charge is -2.14. The van der Waals surface area contributed by atoms with Gasteiger partial charge in [0, 0.05) is 19.6 Å². The molecule has 0 radical (unpaired) electrons. The first-order valence-corrected chi connectivity index (χ1v) is 3.14. The Morgan fingerprint density at radius 2 is 2.00 bits per heavy atom. The summed E-state index contributed by atoms with van der Waals surface area (Å²) >= 11 is 0. The highest BCUT2D eigenvalue weighted by molar-refractivity contribution is 4.67. The summed E-state index contributed by atoms with van der Waals surface area (Å²) in [6, 6.07) is 0. The monoisotopic (exact) mass is 172 g/mol. The number of nitrogens with two attached hydrogens (primary N) is 1. The molecule has 0 fully saturated rings. The fourth-order valence-electron chi connectivity index (χ4n) is 0.457. The number of rotatable bonds is 4. The van der Waals surface area contributed by atoms with Crippen molar-refractivity contribution >= 4 is 0 Å². The number of aliphatic hydroxyl groups excluding tert-OH is 1. The van der Waals surface area contributed by atoms with Gasteiger partial charge in [0.2, 0.25) is 0 Å². The second kappa shape index (κ2) is 4.53. The van der Waals surface area contributed by atoms with E-state index in [-0.39, 0.29) is 13.1 Å². The second-order valence-electron chi connectivity index (χ2n) is 2.05. The SMILES string of the molecule is NCCNCC(O)C(F)(F)F. The Morgan fingerprint density at radius 1 is 1.45 bits per heavy atom. The molecule has 1 unspecified atom stereocenters. The molecular weight excluding hydrogens is 161 g/mol. The summed E-state index contributed by atoms with van der Waals surface area (Å²) in [5, 5.41) is 10.7. The van der Waals surface area contributed by atoms with Crippen molar-refractivity contribution in [3.05, 3.63) is 0 Å². The van der Waals surface area contributed by atoms with Crippen LogP contribution in [0.3, 0.4) is 0 Å². The molecule has 0 amide bonds. The van der Waals surface area contributed by atoms with Crippen LogP contribution in [0.15, 0.2) is 0 Å². The lowest BCUT2D eigenvalue weighted by molar-refractivity contribution is -0.201. The summed E-state index contributed by atoms with van der Waals surface area (Å²) in [5.41, 5.74) is 5.00. The smallest absolute Gasteiger partial charge is 0.382 e. The van der Waals surface area contributed by atoms with E-state index in [0.29, 0.717) is 0 Å². The number of hydrogen-bond acceptors (Lipinski definition) is 3. The molecule has 6 heteroatoms. The minimum atomic E-state index is -4.54. The van der Waals surface area contributed by atoms with E-state index in [1.54, 1.807) is 0 Å². The third kappa shape index (κ3) is 5.00. The largest absolute Gasteiger partial charge is 0.415 e. The molecule has 0 spiro atoms. The molecule has 0 aromatic heterocycles. The van der Waals surface area contributed by atoms with Crippen LogP contribution in [0.1, 0.15) is 0 Å². The molecule has 0 aliphatic rings. The maximum atomic E-state index is 11.6. The molecule has 68 valence electrons. The maximum Gasteiger partial charge on any atom is 0.415 e. The van der Waals surface area contributed by atoms with Crippen LogP contribution < -0.4 is 11.1 Å². The Hall–Kier alpha value is -0.330. The quantitative estimate of drug-likeness (QED) is 0.499. The lowest BCUT2D eigenvalue weighted by Crippen LogP contribution is -2.39. The van der Waals surface area contributed by atoms with Gasteiger partial charge in [-0.1, -0.05) is 0 Å². The van der Waals surface area contributed by atoms with Gasteiger partial charge in [0.1, 0.15) is 0 Å². The molecule has 0 heterocycles. The van der Waals surface area contributed by atoms with Crippen LogP contribution in [0.5, 0.6) is 0 Å². The van der Waals surface area contributed by atoms with Crippen LogP contribution in [0.4, 0.5) is 13.2 Å². The van der Waals surface area contributed by atoms with Gasteiger partial charge in [-0.05, 0) is 0 Å². The van der Waals surface area contributed by atoms with Gasteiger partial charge in [-0.2, -0.15) is 13.2 Å².